The fourth-order valence-corrected chi connectivity index (χ4v) is 2.29. The van der Waals surface area contributed by atoms with Gasteiger partial charge in [-0.05, 0) is 26.0 Å². The van der Waals surface area contributed by atoms with Gasteiger partial charge in [0, 0.05) is 24.0 Å². The number of guanidine groups is 1. The maximum Gasteiger partial charge on any atom is 0.193 e. The Hall–Kier alpha value is -1.15. The monoisotopic (exact) mass is 402 g/mol. The number of hydrogen-bond acceptors (Lipinski definition) is 3. The Balaban J connectivity index is 0.00000200. The van der Waals surface area contributed by atoms with Crippen LogP contribution in [-0.2, 0) is 6.42 Å². The fourth-order valence-electron chi connectivity index (χ4n) is 1.64. The van der Waals surface area contributed by atoms with E-state index in [-0.39, 0.29) is 24.0 Å². The fraction of sp³-hybridized carbons (Fsp3) is 0.286. The molecule has 0 saturated heterocycles. The van der Waals surface area contributed by atoms with Gasteiger partial charge in [0.1, 0.15) is 0 Å². The van der Waals surface area contributed by atoms with Gasteiger partial charge in [0.25, 0.3) is 0 Å². The average Bonchev–Trinajstić information content (AvgIpc) is 2.78. The Morgan fingerprint density at radius 1 is 1.30 bits per heavy atom. The molecular formula is C14H19IN4S. The third kappa shape index (κ3) is 5.46. The average molecular weight is 402 g/mol. The van der Waals surface area contributed by atoms with Crippen molar-refractivity contribution >= 4 is 47.0 Å². The molecule has 108 valence electrons. The highest BCUT2D eigenvalue weighted by Gasteiger charge is 1.98. The van der Waals surface area contributed by atoms with Gasteiger partial charge < -0.3 is 11.1 Å². The number of aliphatic imine (C=N–C) groups is 1. The lowest BCUT2D eigenvalue weighted by Crippen LogP contribution is -2.23. The van der Waals surface area contributed by atoms with Crippen LogP contribution in [0, 0.1) is 13.8 Å². The van der Waals surface area contributed by atoms with E-state index in [0.717, 1.165) is 22.8 Å². The lowest BCUT2D eigenvalue weighted by atomic mass is 10.2. The second-order valence-electron chi connectivity index (χ2n) is 4.37. The number of aromatic nitrogens is 1. The predicted molar refractivity (Wildman–Crippen MR) is 97.3 cm³/mol. The first-order valence-electron chi connectivity index (χ1n) is 6.18. The van der Waals surface area contributed by atoms with E-state index in [9.17, 15) is 0 Å². The van der Waals surface area contributed by atoms with Gasteiger partial charge in [0.05, 0.1) is 10.7 Å². The summed E-state index contributed by atoms with van der Waals surface area (Å²) in [6, 6.07) is 8.05. The van der Waals surface area contributed by atoms with Crippen LogP contribution in [0.2, 0.25) is 0 Å². The minimum Gasteiger partial charge on any atom is -0.370 e. The van der Waals surface area contributed by atoms with Gasteiger partial charge in [-0.15, -0.1) is 35.3 Å². The number of nitrogens with one attached hydrogen (secondary N) is 1. The molecule has 2 rings (SSSR count). The molecule has 0 saturated carbocycles. The predicted octanol–water partition coefficient (Wildman–Crippen LogP) is 3.35. The van der Waals surface area contributed by atoms with Crippen molar-refractivity contribution in [2.45, 2.75) is 20.3 Å². The number of nitrogens with two attached hydrogens (primary N) is 1. The van der Waals surface area contributed by atoms with Gasteiger partial charge in [0.2, 0.25) is 0 Å². The van der Waals surface area contributed by atoms with Crippen LogP contribution in [-0.4, -0.2) is 17.5 Å². The summed E-state index contributed by atoms with van der Waals surface area (Å²) < 4.78 is 0. The number of hydrogen-bond donors (Lipinski definition) is 2. The molecule has 1 aromatic carbocycles. The van der Waals surface area contributed by atoms with Crippen LogP contribution >= 0.6 is 35.3 Å². The summed E-state index contributed by atoms with van der Waals surface area (Å²) in [5, 5.41) is 6.22. The number of benzene rings is 1. The van der Waals surface area contributed by atoms with Crippen molar-refractivity contribution in [3.63, 3.8) is 0 Å². The van der Waals surface area contributed by atoms with Gasteiger partial charge >= 0.3 is 0 Å². The topological polar surface area (TPSA) is 63.3 Å². The standard InChI is InChI=1S/C14H18N4S.HI/c1-10-3-5-12(6-4-10)18-14(15)16-8-7-13-9-19-11(2)17-13;/h3-6,9H,7-8H2,1-2H3,(H3,15,16,18);1H. The third-order valence-electron chi connectivity index (χ3n) is 2.64. The number of thiazole rings is 1. The Morgan fingerprint density at radius 2 is 2.00 bits per heavy atom. The molecular weight excluding hydrogens is 383 g/mol. The summed E-state index contributed by atoms with van der Waals surface area (Å²) in [7, 11) is 0. The molecule has 0 aliphatic rings. The van der Waals surface area contributed by atoms with E-state index in [1.165, 1.54) is 5.56 Å². The van der Waals surface area contributed by atoms with E-state index < -0.39 is 0 Å². The zero-order valence-corrected chi connectivity index (χ0v) is 14.7. The minimum atomic E-state index is 0. The van der Waals surface area contributed by atoms with Gasteiger partial charge in [-0.3, -0.25) is 4.99 Å². The first kappa shape index (κ1) is 16.9. The molecule has 0 aliphatic carbocycles. The number of nitrogens with zero attached hydrogens (tertiary/aromatic N) is 2. The summed E-state index contributed by atoms with van der Waals surface area (Å²) >= 11 is 1.66. The van der Waals surface area contributed by atoms with Crippen molar-refractivity contribution in [3.8, 4) is 0 Å². The molecule has 0 unspecified atom stereocenters. The van der Waals surface area contributed by atoms with E-state index in [2.05, 4.69) is 27.6 Å². The molecule has 0 atom stereocenters. The molecule has 0 radical (unpaired) electrons. The molecule has 0 fully saturated rings. The van der Waals surface area contributed by atoms with E-state index in [1.807, 2.05) is 31.2 Å². The van der Waals surface area contributed by atoms with Crippen molar-refractivity contribution in [3.05, 3.63) is 45.9 Å². The molecule has 20 heavy (non-hydrogen) atoms. The molecule has 0 bridgehead atoms. The highest BCUT2D eigenvalue weighted by atomic mass is 127. The lowest BCUT2D eigenvalue weighted by Gasteiger charge is -2.05. The van der Waals surface area contributed by atoms with Gasteiger partial charge in [-0.1, -0.05) is 17.7 Å². The van der Waals surface area contributed by atoms with Crippen LogP contribution < -0.4 is 11.1 Å². The first-order valence-corrected chi connectivity index (χ1v) is 7.06. The Morgan fingerprint density at radius 3 is 2.60 bits per heavy atom. The molecule has 1 aromatic heterocycles. The Kier molecular flexibility index (Phi) is 6.94. The van der Waals surface area contributed by atoms with Crippen molar-refractivity contribution in [2.24, 2.45) is 10.7 Å². The van der Waals surface area contributed by atoms with Gasteiger partial charge in [0.15, 0.2) is 5.96 Å². The lowest BCUT2D eigenvalue weighted by molar-refractivity contribution is 0.927. The van der Waals surface area contributed by atoms with Crippen LogP contribution in [0.15, 0.2) is 34.6 Å². The maximum atomic E-state index is 5.83. The Bertz CT molecular complexity index is 563. The highest BCUT2D eigenvalue weighted by molar-refractivity contribution is 14.0. The smallest absolute Gasteiger partial charge is 0.193 e. The van der Waals surface area contributed by atoms with Crippen LogP contribution in [0.1, 0.15) is 16.3 Å². The van der Waals surface area contributed by atoms with Crippen molar-refractivity contribution in [1.82, 2.24) is 4.98 Å². The number of halogens is 1. The zero-order valence-electron chi connectivity index (χ0n) is 11.6. The number of aryl methyl sites for hydroxylation is 2. The molecule has 6 heteroatoms. The van der Waals surface area contributed by atoms with E-state index >= 15 is 0 Å². The second-order valence-corrected chi connectivity index (χ2v) is 5.43. The van der Waals surface area contributed by atoms with Gasteiger partial charge in [-0.25, -0.2) is 4.98 Å². The van der Waals surface area contributed by atoms with Crippen LogP contribution in [0.4, 0.5) is 5.69 Å². The van der Waals surface area contributed by atoms with Gasteiger partial charge in [-0.2, -0.15) is 0 Å². The molecule has 0 amide bonds. The summed E-state index contributed by atoms with van der Waals surface area (Å²) in [6.45, 7) is 4.70. The quantitative estimate of drug-likeness (QED) is 0.469. The molecule has 3 N–H and O–H groups in total. The van der Waals surface area contributed by atoms with Crippen LogP contribution in [0.25, 0.3) is 0 Å². The summed E-state index contributed by atoms with van der Waals surface area (Å²) in [5.41, 5.74) is 9.09. The van der Waals surface area contributed by atoms with E-state index in [1.54, 1.807) is 11.3 Å². The SMILES string of the molecule is Cc1ccc(NC(N)=NCCc2csc(C)n2)cc1.I. The third-order valence-corrected chi connectivity index (χ3v) is 3.46. The largest absolute Gasteiger partial charge is 0.370 e. The van der Waals surface area contributed by atoms with Crippen molar-refractivity contribution < 1.29 is 0 Å². The van der Waals surface area contributed by atoms with Crippen molar-refractivity contribution in [1.29, 1.82) is 0 Å². The normalized spacial score (nSPS) is 11.0. The molecule has 4 nitrogen and oxygen atoms in total. The summed E-state index contributed by atoms with van der Waals surface area (Å²) in [6.07, 6.45) is 0.820. The number of rotatable bonds is 4. The molecule has 0 spiro atoms. The summed E-state index contributed by atoms with van der Waals surface area (Å²) in [5.74, 6) is 0.441. The van der Waals surface area contributed by atoms with Crippen molar-refractivity contribution in [2.75, 3.05) is 11.9 Å². The van der Waals surface area contributed by atoms with E-state index in [4.69, 9.17) is 5.73 Å². The molecule has 1 heterocycles. The zero-order chi connectivity index (χ0) is 13.7. The van der Waals surface area contributed by atoms with Crippen LogP contribution in [0.5, 0.6) is 0 Å². The first-order chi connectivity index (χ1) is 9.13. The Labute approximate surface area is 140 Å². The second kappa shape index (κ2) is 8.21. The molecule has 0 aliphatic heterocycles. The van der Waals surface area contributed by atoms with E-state index in [0.29, 0.717) is 12.5 Å². The summed E-state index contributed by atoms with van der Waals surface area (Å²) in [4.78, 5) is 8.68. The highest BCUT2D eigenvalue weighted by Crippen LogP contribution is 2.09. The number of anilines is 1. The van der Waals surface area contributed by atoms with Crippen LogP contribution in [0.3, 0.4) is 0 Å². The minimum absolute atomic E-state index is 0. The maximum absolute atomic E-state index is 5.83. The molecule has 2 aromatic rings.